The molecule has 0 saturated carbocycles. The average Bonchev–Trinajstić information content (AvgIpc) is 3.25. The van der Waals surface area contributed by atoms with Crippen molar-refractivity contribution in [3.05, 3.63) is 34.8 Å². The van der Waals surface area contributed by atoms with Crippen molar-refractivity contribution in [1.82, 2.24) is 14.5 Å². The summed E-state index contributed by atoms with van der Waals surface area (Å²) in [6.07, 6.45) is 3.49. The number of ether oxygens (including phenoxy) is 2. The Bertz CT molecular complexity index is 689. The standard InChI is InChI=1S/C15H15N3O3S/c19-15(14-9-16-17-22-14)18-5-1-2-11(18)10-3-4-12-13(8-10)21-7-6-20-12/h3-4,8-9,11H,1-2,5-7H2/t11-/m0/s1. The minimum Gasteiger partial charge on any atom is -0.486 e. The van der Waals surface area contributed by atoms with Crippen molar-refractivity contribution in [3.63, 3.8) is 0 Å². The topological polar surface area (TPSA) is 64.6 Å². The molecule has 1 fully saturated rings. The quantitative estimate of drug-likeness (QED) is 0.850. The lowest BCUT2D eigenvalue weighted by molar-refractivity contribution is 0.0740. The average molecular weight is 317 g/mol. The van der Waals surface area contributed by atoms with Crippen LogP contribution in [0.25, 0.3) is 0 Å². The van der Waals surface area contributed by atoms with Crippen molar-refractivity contribution in [2.24, 2.45) is 0 Å². The number of amides is 1. The molecule has 4 rings (SSSR count). The van der Waals surface area contributed by atoms with E-state index in [-0.39, 0.29) is 11.9 Å². The van der Waals surface area contributed by atoms with Crippen molar-refractivity contribution in [1.29, 1.82) is 0 Å². The molecule has 6 nitrogen and oxygen atoms in total. The van der Waals surface area contributed by atoms with Gasteiger partial charge >= 0.3 is 0 Å². The molecule has 2 aromatic rings. The van der Waals surface area contributed by atoms with Crippen molar-refractivity contribution in [3.8, 4) is 11.5 Å². The second-order valence-electron chi connectivity index (χ2n) is 5.34. The lowest BCUT2D eigenvalue weighted by Crippen LogP contribution is -2.30. The van der Waals surface area contributed by atoms with E-state index in [1.165, 1.54) is 6.20 Å². The maximum absolute atomic E-state index is 12.6. The van der Waals surface area contributed by atoms with E-state index in [9.17, 15) is 4.79 Å². The van der Waals surface area contributed by atoms with E-state index in [1.54, 1.807) is 0 Å². The lowest BCUT2D eigenvalue weighted by Gasteiger charge is -2.26. The van der Waals surface area contributed by atoms with Gasteiger partial charge in [0.2, 0.25) is 0 Å². The van der Waals surface area contributed by atoms with Gasteiger partial charge in [-0.05, 0) is 42.1 Å². The first-order valence-electron chi connectivity index (χ1n) is 7.31. The molecule has 1 aromatic carbocycles. The van der Waals surface area contributed by atoms with Gasteiger partial charge in [-0.15, -0.1) is 5.10 Å². The summed E-state index contributed by atoms with van der Waals surface area (Å²) >= 11 is 1.14. The zero-order valence-electron chi connectivity index (χ0n) is 11.9. The van der Waals surface area contributed by atoms with Crippen LogP contribution in [0.2, 0.25) is 0 Å². The van der Waals surface area contributed by atoms with E-state index < -0.39 is 0 Å². The smallest absolute Gasteiger partial charge is 0.267 e. The third-order valence-electron chi connectivity index (χ3n) is 4.04. The SMILES string of the molecule is O=C(c1cnns1)N1CCC[C@H]1c1ccc2c(c1)OCCO2. The Morgan fingerprint density at radius 2 is 2.14 bits per heavy atom. The number of carbonyl (C=O) groups is 1. The molecule has 0 spiro atoms. The van der Waals surface area contributed by atoms with Gasteiger partial charge in [0, 0.05) is 6.54 Å². The lowest BCUT2D eigenvalue weighted by atomic mass is 10.0. The van der Waals surface area contributed by atoms with E-state index in [2.05, 4.69) is 9.59 Å². The van der Waals surface area contributed by atoms with Gasteiger partial charge in [-0.1, -0.05) is 10.6 Å². The molecule has 22 heavy (non-hydrogen) atoms. The molecular weight excluding hydrogens is 302 g/mol. The van der Waals surface area contributed by atoms with E-state index >= 15 is 0 Å². The first kappa shape index (κ1) is 13.5. The molecule has 0 N–H and O–H groups in total. The summed E-state index contributed by atoms with van der Waals surface area (Å²) in [7, 11) is 0. The molecule has 1 amide bonds. The van der Waals surface area contributed by atoms with Gasteiger partial charge in [0.15, 0.2) is 11.5 Å². The Hall–Kier alpha value is -2.15. The molecule has 0 aliphatic carbocycles. The third kappa shape index (κ3) is 2.31. The highest BCUT2D eigenvalue weighted by Crippen LogP contribution is 2.38. The molecule has 0 unspecified atom stereocenters. The van der Waals surface area contributed by atoms with Gasteiger partial charge in [0.05, 0.1) is 12.2 Å². The number of carbonyl (C=O) groups excluding carboxylic acids is 1. The largest absolute Gasteiger partial charge is 0.486 e. The molecule has 7 heteroatoms. The number of benzene rings is 1. The summed E-state index contributed by atoms with van der Waals surface area (Å²) < 4.78 is 15.0. The second kappa shape index (κ2) is 5.57. The van der Waals surface area contributed by atoms with Crippen LogP contribution in [0.1, 0.15) is 34.1 Å². The van der Waals surface area contributed by atoms with Crippen LogP contribution in [-0.4, -0.2) is 40.2 Å². The van der Waals surface area contributed by atoms with Crippen LogP contribution in [0.15, 0.2) is 24.4 Å². The monoisotopic (exact) mass is 317 g/mol. The van der Waals surface area contributed by atoms with E-state index in [0.717, 1.165) is 48.0 Å². The van der Waals surface area contributed by atoms with Crippen LogP contribution in [0.3, 0.4) is 0 Å². The molecule has 1 aromatic heterocycles. The molecule has 2 aliphatic heterocycles. The number of likely N-dealkylation sites (tertiary alicyclic amines) is 1. The summed E-state index contributed by atoms with van der Waals surface area (Å²) in [5.74, 6) is 1.55. The van der Waals surface area contributed by atoms with Crippen LogP contribution in [0.5, 0.6) is 11.5 Å². The number of fused-ring (bicyclic) bond motifs is 1. The highest BCUT2D eigenvalue weighted by atomic mass is 32.1. The summed E-state index contributed by atoms with van der Waals surface area (Å²) in [6, 6.07) is 6.02. The van der Waals surface area contributed by atoms with Crippen LogP contribution in [0.4, 0.5) is 0 Å². The fourth-order valence-electron chi connectivity index (χ4n) is 3.03. The summed E-state index contributed by atoms with van der Waals surface area (Å²) in [4.78, 5) is 15.1. The highest BCUT2D eigenvalue weighted by molar-refractivity contribution is 7.07. The van der Waals surface area contributed by atoms with Crippen molar-refractivity contribution in [2.75, 3.05) is 19.8 Å². The number of nitrogens with zero attached hydrogens (tertiary/aromatic N) is 3. The number of hydrogen-bond acceptors (Lipinski definition) is 6. The van der Waals surface area contributed by atoms with Gasteiger partial charge in [-0.2, -0.15) is 0 Å². The number of aromatic nitrogens is 2. The Kier molecular flexibility index (Phi) is 3.42. The molecular formula is C15H15N3O3S. The molecule has 2 aliphatic rings. The summed E-state index contributed by atoms with van der Waals surface area (Å²) in [6.45, 7) is 1.91. The minimum atomic E-state index is 0.00684. The van der Waals surface area contributed by atoms with Gasteiger partial charge in [-0.3, -0.25) is 4.79 Å². The second-order valence-corrected chi connectivity index (χ2v) is 6.13. The van der Waals surface area contributed by atoms with Crippen LogP contribution < -0.4 is 9.47 Å². The third-order valence-corrected chi connectivity index (χ3v) is 4.69. The first-order chi connectivity index (χ1) is 10.8. The Morgan fingerprint density at radius 1 is 1.27 bits per heavy atom. The Morgan fingerprint density at radius 3 is 2.95 bits per heavy atom. The van der Waals surface area contributed by atoms with Crippen molar-refractivity contribution < 1.29 is 14.3 Å². The molecule has 114 valence electrons. The fraction of sp³-hybridized carbons (Fsp3) is 0.400. The maximum atomic E-state index is 12.6. The predicted octanol–water partition coefficient (Wildman–Crippen LogP) is 2.29. The minimum absolute atomic E-state index is 0.00684. The first-order valence-corrected chi connectivity index (χ1v) is 8.08. The molecule has 3 heterocycles. The highest BCUT2D eigenvalue weighted by Gasteiger charge is 2.32. The number of rotatable bonds is 2. The predicted molar refractivity (Wildman–Crippen MR) is 80.4 cm³/mol. The maximum Gasteiger partial charge on any atom is 0.267 e. The van der Waals surface area contributed by atoms with E-state index in [4.69, 9.17) is 9.47 Å². The van der Waals surface area contributed by atoms with Gasteiger partial charge in [-0.25, -0.2) is 0 Å². The van der Waals surface area contributed by atoms with Crippen LogP contribution in [-0.2, 0) is 0 Å². The van der Waals surface area contributed by atoms with Crippen LogP contribution in [0, 0.1) is 0 Å². The van der Waals surface area contributed by atoms with E-state index in [1.807, 2.05) is 23.1 Å². The van der Waals surface area contributed by atoms with Gasteiger partial charge in [0.25, 0.3) is 5.91 Å². The Balaban J connectivity index is 1.62. The van der Waals surface area contributed by atoms with E-state index in [0.29, 0.717) is 18.1 Å². The zero-order chi connectivity index (χ0) is 14.9. The zero-order valence-corrected chi connectivity index (χ0v) is 12.7. The molecule has 1 saturated heterocycles. The molecule has 0 bridgehead atoms. The number of hydrogen-bond donors (Lipinski definition) is 0. The van der Waals surface area contributed by atoms with Crippen molar-refractivity contribution >= 4 is 17.4 Å². The summed E-state index contributed by atoms with van der Waals surface area (Å²) in [5.41, 5.74) is 1.09. The normalized spacial score (nSPS) is 20.2. The Labute approximate surface area is 131 Å². The van der Waals surface area contributed by atoms with Crippen molar-refractivity contribution in [2.45, 2.75) is 18.9 Å². The fourth-order valence-corrected chi connectivity index (χ4v) is 3.50. The van der Waals surface area contributed by atoms with Crippen LogP contribution >= 0.6 is 11.5 Å². The van der Waals surface area contributed by atoms with Gasteiger partial charge in [0.1, 0.15) is 18.1 Å². The molecule has 1 atom stereocenters. The summed E-state index contributed by atoms with van der Waals surface area (Å²) in [5, 5.41) is 3.75. The molecule has 0 radical (unpaired) electrons. The van der Waals surface area contributed by atoms with Gasteiger partial charge < -0.3 is 14.4 Å².